The van der Waals surface area contributed by atoms with Crippen molar-refractivity contribution in [2.24, 2.45) is 5.10 Å². The Labute approximate surface area is 211 Å². The average molecular weight is 503 g/mol. The van der Waals surface area contributed by atoms with Gasteiger partial charge in [-0.2, -0.15) is 5.10 Å². The minimum atomic E-state index is -0.465. The molecular weight excluding hydrogens is 476 g/mol. The molecule has 10 heteroatoms. The second kappa shape index (κ2) is 10.5. The number of hydrazone groups is 1. The molecule has 0 bridgehead atoms. The molecule has 0 radical (unpaired) electrons. The zero-order valence-corrected chi connectivity index (χ0v) is 21.2. The fourth-order valence-corrected chi connectivity index (χ4v) is 4.43. The van der Waals surface area contributed by atoms with Crippen molar-refractivity contribution in [3.8, 4) is 5.69 Å². The molecule has 0 aliphatic heterocycles. The van der Waals surface area contributed by atoms with Gasteiger partial charge in [0.05, 0.1) is 26.7 Å². The smallest absolute Gasteiger partial charge is 0.281 e. The second-order valence-electron chi connectivity index (χ2n) is 8.37. The molecule has 3 heterocycles. The quantitative estimate of drug-likeness (QED) is 0.264. The van der Waals surface area contributed by atoms with Crippen LogP contribution in [-0.2, 0) is 6.54 Å². The van der Waals surface area contributed by atoms with E-state index in [-0.39, 0.29) is 11.5 Å². The summed E-state index contributed by atoms with van der Waals surface area (Å²) in [4.78, 5) is 42.9. The minimum Gasteiger partial charge on any atom is -0.347 e. The van der Waals surface area contributed by atoms with Crippen LogP contribution in [0.4, 0.5) is 0 Å². The van der Waals surface area contributed by atoms with E-state index in [1.54, 1.807) is 44.4 Å². The third-order valence-corrected chi connectivity index (χ3v) is 6.82. The van der Waals surface area contributed by atoms with E-state index in [4.69, 9.17) is 0 Å². The fraction of sp³-hybridized carbons (Fsp3) is 0.192. The Hall–Kier alpha value is -4.31. The molecule has 0 unspecified atom stereocenters. The molecule has 4 rings (SSSR count). The number of nitrogens with zero attached hydrogens (tertiary/aromatic N) is 3. The van der Waals surface area contributed by atoms with Gasteiger partial charge in [0, 0.05) is 24.6 Å². The summed E-state index contributed by atoms with van der Waals surface area (Å²) in [6.45, 7) is 7.78. The van der Waals surface area contributed by atoms with Crippen molar-refractivity contribution < 1.29 is 9.59 Å². The van der Waals surface area contributed by atoms with Crippen molar-refractivity contribution >= 4 is 28.9 Å². The van der Waals surface area contributed by atoms with Gasteiger partial charge in [-0.15, -0.1) is 11.3 Å². The molecule has 0 aliphatic rings. The van der Waals surface area contributed by atoms with Crippen molar-refractivity contribution in [2.75, 3.05) is 0 Å². The number of hydrogen-bond acceptors (Lipinski definition) is 6. The average Bonchev–Trinajstić information content (AvgIpc) is 3.48. The number of carbonyl (C=O) groups excluding carboxylic acids is 2. The van der Waals surface area contributed by atoms with Gasteiger partial charge in [-0.05, 0) is 74.7 Å². The molecule has 36 heavy (non-hydrogen) atoms. The summed E-state index contributed by atoms with van der Waals surface area (Å²) in [5.41, 5.74) is 7.44. The Bertz CT molecular complexity index is 1510. The first-order valence-corrected chi connectivity index (χ1v) is 12.1. The molecule has 0 fully saturated rings. The number of H-pyrrole nitrogens is 1. The third-order valence-electron chi connectivity index (χ3n) is 5.74. The molecule has 9 nitrogen and oxygen atoms in total. The van der Waals surface area contributed by atoms with Crippen LogP contribution in [0.3, 0.4) is 0 Å². The van der Waals surface area contributed by atoms with E-state index in [1.807, 2.05) is 38.1 Å². The molecule has 2 amide bonds. The topological polar surface area (TPSA) is 121 Å². The van der Waals surface area contributed by atoms with Gasteiger partial charge in [-0.25, -0.2) is 10.1 Å². The van der Waals surface area contributed by atoms with Crippen LogP contribution >= 0.6 is 11.3 Å². The first kappa shape index (κ1) is 24.8. The number of aryl methyl sites for hydroxylation is 3. The van der Waals surface area contributed by atoms with Crippen LogP contribution in [0.25, 0.3) is 5.69 Å². The van der Waals surface area contributed by atoms with Crippen LogP contribution in [0, 0.1) is 20.8 Å². The van der Waals surface area contributed by atoms with Crippen molar-refractivity contribution in [3.63, 3.8) is 0 Å². The van der Waals surface area contributed by atoms with Gasteiger partial charge in [0.15, 0.2) is 0 Å². The Balaban J connectivity index is 1.44. The maximum absolute atomic E-state index is 13.1. The summed E-state index contributed by atoms with van der Waals surface area (Å²) in [5.74, 6) is -0.745. The van der Waals surface area contributed by atoms with Crippen molar-refractivity contribution in [2.45, 2.75) is 34.2 Å². The minimum absolute atomic E-state index is 0.255. The van der Waals surface area contributed by atoms with Crippen LogP contribution in [0.5, 0.6) is 0 Å². The van der Waals surface area contributed by atoms with Gasteiger partial charge < -0.3 is 5.32 Å². The zero-order valence-electron chi connectivity index (χ0n) is 20.4. The maximum Gasteiger partial charge on any atom is 0.281 e. The highest BCUT2D eigenvalue weighted by Gasteiger charge is 2.17. The van der Waals surface area contributed by atoms with Gasteiger partial charge in [0.2, 0.25) is 0 Å². The number of nitrogens with one attached hydrogen (secondary N) is 3. The van der Waals surface area contributed by atoms with Gasteiger partial charge in [-0.1, -0.05) is 12.1 Å². The molecule has 0 atom stereocenters. The largest absolute Gasteiger partial charge is 0.347 e. The lowest BCUT2D eigenvalue weighted by atomic mass is 10.1. The van der Waals surface area contributed by atoms with Crippen molar-refractivity contribution in [3.05, 3.63) is 103 Å². The van der Waals surface area contributed by atoms with Crippen molar-refractivity contribution in [1.82, 2.24) is 25.5 Å². The predicted molar refractivity (Wildman–Crippen MR) is 140 cm³/mol. The van der Waals surface area contributed by atoms with Gasteiger partial charge in [0.1, 0.15) is 0 Å². The number of aromatic amines is 1. The first-order chi connectivity index (χ1) is 17.2. The molecule has 1 aromatic carbocycles. The molecule has 3 N–H and O–H groups in total. The van der Waals surface area contributed by atoms with Crippen LogP contribution in [-0.4, -0.2) is 32.3 Å². The normalized spacial score (nSPS) is 11.4. The number of rotatable bonds is 7. The molecule has 0 saturated carbocycles. The number of thiophene rings is 1. The SMILES string of the molecule is C/C(=N/NC(=O)c1ccc(C(=O)NCc2cccnc2)s1)c1c(C)[nH]n(-c2ccc(C)c(C)c2)c1=O. The van der Waals surface area contributed by atoms with Crippen LogP contribution in [0.1, 0.15) is 54.2 Å². The van der Waals surface area contributed by atoms with Gasteiger partial charge in [-0.3, -0.25) is 24.5 Å². The molecule has 0 saturated heterocycles. The number of benzene rings is 1. The van der Waals surface area contributed by atoms with Gasteiger partial charge >= 0.3 is 0 Å². The molecule has 184 valence electrons. The number of aromatic nitrogens is 3. The maximum atomic E-state index is 13.1. The summed E-state index contributed by atoms with van der Waals surface area (Å²) in [6, 6.07) is 12.6. The third kappa shape index (κ3) is 5.33. The molecular formula is C26H26N6O3S. The van der Waals surface area contributed by atoms with Crippen molar-refractivity contribution in [1.29, 1.82) is 0 Å². The van der Waals surface area contributed by atoms with E-state index in [2.05, 4.69) is 25.9 Å². The Morgan fingerprint density at radius 3 is 2.50 bits per heavy atom. The molecule has 4 aromatic rings. The lowest BCUT2D eigenvalue weighted by Crippen LogP contribution is -2.23. The zero-order chi connectivity index (χ0) is 25.8. The Morgan fingerprint density at radius 1 is 1.06 bits per heavy atom. The van der Waals surface area contributed by atoms with E-state index in [1.165, 1.54) is 4.68 Å². The second-order valence-corrected chi connectivity index (χ2v) is 9.45. The van der Waals surface area contributed by atoms with E-state index >= 15 is 0 Å². The lowest BCUT2D eigenvalue weighted by molar-refractivity contribution is 0.0950. The number of carbonyl (C=O) groups is 2. The summed E-state index contributed by atoms with van der Waals surface area (Å²) >= 11 is 1.06. The number of amides is 2. The monoisotopic (exact) mass is 502 g/mol. The Kier molecular flexibility index (Phi) is 7.25. The predicted octanol–water partition coefficient (Wildman–Crippen LogP) is 3.63. The standard InChI is InChI=1S/C26H26N6O3S/c1-15-7-8-20(12-16(15)2)32-26(35)23(18(4)31-32)17(3)29-30-25(34)22-10-9-21(36-22)24(33)28-14-19-6-5-11-27-13-19/h5-13,31H,14H2,1-4H3,(H,28,33)(H,30,34)/b29-17-. The number of pyridine rings is 1. The molecule has 3 aromatic heterocycles. The number of hydrogen-bond donors (Lipinski definition) is 3. The molecule has 0 spiro atoms. The van der Waals surface area contributed by atoms with Gasteiger partial charge in [0.25, 0.3) is 17.4 Å². The summed E-state index contributed by atoms with van der Waals surface area (Å²) in [7, 11) is 0. The summed E-state index contributed by atoms with van der Waals surface area (Å²) < 4.78 is 1.47. The highest BCUT2D eigenvalue weighted by Crippen LogP contribution is 2.17. The molecule has 0 aliphatic carbocycles. The summed E-state index contributed by atoms with van der Waals surface area (Å²) in [5, 5.41) is 10.0. The first-order valence-electron chi connectivity index (χ1n) is 11.3. The van der Waals surface area contributed by atoms with E-state index < -0.39 is 5.91 Å². The summed E-state index contributed by atoms with van der Waals surface area (Å²) in [6.07, 6.45) is 3.34. The van der Waals surface area contributed by atoms with Crippen LogP contribution in [0.2, 0.25) is 0 Å². The highest BCUT2D eigenvalue weighted by molar-refractivity contribution is 7.15. The fourth-order valence-electron chi connectivity index (χ4n) is 3.62. The van der Waals surface area contributed by atoms with Crippen LogP contribution in [0.15, 0.2) is 64.8 Å². The van der Waals surface area contributed by atoms with E-state index in [9.17, 15) is 14.4 Å². The Morgan fingerprint density at radius 2 is 1.81 bits per heavy atom. The lowest BCUT2D eigenvalue weighted by Gasteiger charge is -2.05. The van der Waals surface area contributed by atoms with E-state index in [0.717, 1.165) is 33.7 Å². The highest BCUT2D eigenvalue weighted by atomic mass is 32.1. The van der Waals surface area contributed by atoms with E-state index in [0.29, 0.717) is 33.3 Å². The van der Waals surface area contributed by atoms with Crippen LogP contribution < -0.4 is 16.3 Å².